The number of likely N-dealkylation sites (tertiary alicyclic amines) is 1. The molecule has 6 nitrogen and oxygen atoms in total. The number of carbonyl (C=O) groups excluding carboxylic acids is 1. The van der Waals surface area contributed by atoms with Crippen molar-refractivity contribution in [3.05, 3.63) is 0 Å². The largest absolute Gasteiger partial charge is 0.370 e. The summed E-state index contributed by atoms with van der Waals surface area (Å²) in [4.78, 5) is 12.8. The van der Waals surface area contributed by atoms with E-state index >= 15 is 0 Å². The quantitative estimate of drug-likeness (QED) is 0.647. The average molecular weight is 291 g/mol. The minimum absolute atomic E-state index is 0.0892. The van der Waals surface area contributed by atoms with Crippen LogP contribution in [-0.2, 0) is 14.6 Å². The van der Waals surface area contributed by atoms with Gasteiger partial charge in [0, 0.05) is 25.6 Å². The summed E-state index contributed by atoms with van der Waals surface area (Å²) in [5.41, 5.74) is 11.0. The first kappa shape index (κ1) is 16.4. The predicted octanol–water partition coefficient (Wildman–Crippen LogP) is -0.664. The molecule has 0 aromatic carbocycles. The molecule has 19 heavy (non-hydrogen) atoms. The molecule has 0 aromatic rings. The molecule has 1 heterocycles. The zero-order valence-electron chi connectivity index (χ0n) is 11.5. The number of hydrogen-bond donors (Lipinski definition) is 2. The molecule has 0 aliphatic carbocycles. The molecule has 4 N–H and O–H groups in total. The fourth-order valence-electron chi connectivity index (χ4n) is 2.39. The molecule has 1 aliphatic heterocycles. The van der Waals surface area contributed by atoms with E-state index in [9.17, 15) is 13.2 Å². The first-order valence-electron chi connectivity index (χ1n) is 6.80. The number of hydrogen-bond acceptors (Lipinski definition) is 5. The van der Waals surface area contributed by atoms with E-state index in [0.29, 0.717) is 12.5 Å². The van der Waals surface area contributed by atoms with Gasteiger partial charge in [-0.1, -0.05) is 13.3 Å². The van der Waals surface area contributed by atoms with Crippen molar-refractivity contribution in [2.24, 2.45) is 17.4 Å². The van der Waals surface area contributed by atoms with Crippen LogP contribution in [0, 0.1) is 5.92 Å². The van der Waals surface area contributed by atoms with Crippen LogP contribution in [0.5, 0.6) is 0 Å². The second-order valence-corrected chi connectivity index (χ2v) is 7.59. The lowest BCUT2D eigenvalue weighted by atomic mass is 9.91. The maximum Gasteiger partial charge on any atom is 0.218 e. The number of nitrogens with zero attached hydrogens (tertiary/aromatic N) is 1. The van der Waals surface area contributed by atoms with Gasteiger partial charge in [-0.25, -0.2) is 8.42 Å². The van der Waals surface area contributed by atoms with Crippen molar-refractivity contribution in [3.63, 3.8) is 0 Å². The highest BCUT2D eigenvalue weighted by Crippen LogP contribution is 2.18. The van der Waals surface area contributed by atoms with Crippen LogP contribution >= 0.6 is 0 Å². The molecule has 1 fully saturated rings. The van der Waals surface area contributed by atoms with E-state index in [1.54, 1.807) is 0 Å². The van der Waals surface area contributed by atoms with Gasteiger partial charge in [0.2, 0.25) is 5.91 Å². The molecule has 1 aliphatic rings. The molecule has 1 rings (SSSR count). The van der Waals surface area contributed by atoms with Gasteiger partial charge in [-0.15, -0.1) is 0 Å². The summed E-state index contributed by atoms with van der Waals surface area (Å²) >= 11 is 0. The third-order valence-electron chi connectivity index (χ3n) is 3.78. The van der Waals surface area contributed by atoms with E-state index in [2.05, 4.69) is 11.8 Å². The number of rotatable bonds is 7. The lowest BCUT2D eigenvalue weighted by molar-refractivity contribution is -0.117. The summed E-state index contributed by atoms with van der Waals surface area (Å²) in [6.45, 7) is 4.34. The zero-order valence-corrected chi connectivity index (χ0v) is 12.4. The molecule has 2 atom stereocenters. The first-order chi connectivity index (χ1) is 8.84. The summed E-state index contributed by atoms with van der Waals surface area (Å²) < 4.78 is 23.5. The maximum absolute atomic E-state index is 11.7. The topological polar surface area (TPSA) is 106 Å². The monoisotopic (exact) mass is 291 g/mol. The zero-order chi connectivity index (χ0) is 14.5. The SMILES string of the molecule is CCC1CN(CCS(=O)(=O)CCC(N)=O)CCC1N. The first-order valence-corrected chi connectivity index (χ1v) is 8.63. The fraction of sp³-hybridized carbons (Fsp3) is 0.917. The van der Waals surface area contributed by atoms with Gasteiger partial charge in [0.05, 0.1) is 11.5 Å². The number of piperidine rings is 1. The molecule has 0 spiro atoms. The van der Waals surface area contributed by atoms with Crippen molar-refractivity contribution in [1.29, 1.82) is 0 Å². The fourth-order valence-corrected chi connectivity index (χ4v) is 3.64. The smallest absolute Gasteiger partial charge is 0.218 e. The van der Waals surface area contributed by atoms with Crippen LogP contribution in [-0.4, -0.2) is 56.4 Å². The summed E-state index contributed by atoms with van der Waals surface area (Å²) in [5, 5.41) is 0. The van der Waals surface area contributed by atoms with E-state index in [-0.39, 0.29) is 24.0 Å². The third kappa shape index (κ3) is 5.88. The molecule has 0 radical (unpaired) electrons. The van der Waals surface area contributed by atoms with Crippen molar-refractivity contribution in [3.8, 4) is 0 Å². The van der Waals surface area contributed by atoms with Crippen LogP contribution in [0.25, 0.3) is 0 Å². The Balaban J connectivity index is 2.38. The minimum atomic E-state index is -3.19. The Morgan fingerprint density at radius 2 is 2.05 bits per heavy atom. The molecule has 7 heteroatoms. The molecule has 0 bridgehead atoms. The van der Waals surface area contributed by atoms with Crippen LogP contribution < -0.4 is 11.5 Å². The van der Waals surface area contributed by atoms with E-state index < -0.39 is 15.7 Å². The van der Waals surface area contributed by atoms with Gasteiger partial charge in [0.1, 0.15) is 0 Å². The van der Waals surface area contributed by atoms with Crippen molar-refractivity contribution in [1.82, 2.24) is 4.90 Å². The third-order valence-corrected chi connectivity index (χ3v) is 5.41. The minimum Gasteiger partial charge on any atom is -0.370 e. The van der Waals surface area contributed by atoms with Gasteiger partial charge in [0.15, 0.2) is 9.84 Å². The summed E-state index contributed by atoms with van der Waals surface area (Å²) in [5.74, 6) is -0.181. The Kier molecular flexibility index (Phi) is 6.22. The van der Waals surface area contributed by atoms with E-state index in [4.69, 9.17) is 11.5 Å². The lowest BCUT2D eigenvalue weighted by Gasteiger charge is -2.36. The molecular formula is C12H25N3O3S. The maximum atomic E-state index is 11.7. The summed E-state index contributed by atoms with van der Waals surface area (Å²) in [7, 11) is -3.19. The number of carbonyl (C=O) groups is 1. The van der Waals surface area contributed by atoms with Gasteiger partial charge >= 0.3 is 0 Å². The molecule has 1 saturated heterocycles. The Hall–Kier alpha value is -0.660. The molecular weight excluding hydrogens is 266 g/mol. The normalized spacial score (nSPS) is 25.4. The van der Waals surface area contributed by atoms with E-state index in [1.807, 2.05) is 0 Å². The average Bonchev–Trinajstić information content (AvgIpc) is 2.36. The Morgan fingerprint density at radius 1 is 1.37 bits per heavy atom. The summed E-state index contributed by atoms with van der Waals surface area (Å²) in [6, 6.07) is 0.229. The highest BCUT2D eigenvalue weighted by molar-refractivity contribution is 7.91. The number of nitrogens with two attached hydrogens (primary N) is 2. The van der Waals surface area contributed by atoms with E-state index in [0.717, 1.165) is 25.9 Å². The number of primary amides is 1. The Morgan fingerprint density at radius 3 is 2.63 bits per heavy atom. The Labute approximate surface area is 115 Å². The van der Waals surface area contributed by atoms with Gasteiger partial charge in [-0.3, -0.25) is 4.79 Å². The standard InChI is InChI=1S/C12H25N3O3S/c1-2-10-9-15(5-3-11(10)13)6-8-19(17,18)7-4-12(14)16/h10-11H,2-9,13H2,1H3,(H2,14,16). The summed E-state index contributed by atoms with van der Waals surface area (Å²) in [6.07, 6.45) is 1.84. The lowest BCUT2D eigenvalue weighted by Crippen LogP contribution is -2.48. The van der Waals surface area contributed by atoms with Crippen molar-refractivity contribution >= 4 is 15.7 Å². The van der Waals surface area contributed by atoms with Crippen LogP contribution in [0.2, 0.25) is 0 Å². The molecule has 1 amide bonds. The van der Waals surface area contributed by atoms with Gasteiger partial charge < -0.3 is 16.4 Å². The second kappa shape index (κ2) is 7.21. The molecule has 0 saturated carbocycles. The van der Waals surface area contributed by atoms with Crippen LogP contribution in [0.4, 0.5) is 0 Å². The Bertz CT molecular complexity index is 397. The molecule has 0 aromatic heterocycles. The van der Waals surface area contributed by atoms with Gasteiger partial charge in [0.25, 0.3) is 0 Å². The van der Waals surface area contributed by atoms with Crippen molar-refractivity contribution in [2.45, 2.75) is 32.2 Å². The van der Waals surface area contributed by atoms with Gasteiger partial charge in [-0.05, 0) is 18.9 Å². The van der Waals surface area contributed by atoms with Crippen molar-refractivity contribution < 1.29 is 13.2 Å². The predicted molar refractivity (Wildman–Crippen MR) is 75.3 cm³/mol. The van der Waals surface area contributed by atoms with Crippen molar-refractivity contribution in [2.75, 3.05) is 31.1 Å². The van der Waals surface area contributed by atoms with Crippen LogP contribution in [0.3, 0.4) is 0 Å². The number of sulfone groups is 1. The highest BCUT2D eigenvalue weighted by Gasteiger charge is 2.26. The second-order valence-electron chi connectivity index (χ2n) is 5.29. The van der Waals surface area contributed by atoms with Crippen LogP contribution in [0.15, 0.2) is 0 Å². The number of amides is 1. The van der Waals surface area contributed by atoms with Gasteiger partial charge in [-0.2, -0.15) is 0 Å². The molecule has 112 valence electrons. The molecule has 2 unspecified atom stereocenters. The van der Waals surface area contributed by atoms with E-state index in [1.165, 1.54) is 0 Å². The highest BCUT2D eigenvalue weighted by atomic mass is 32.2. The van der Waals surface area contributed by atoms with Crippen LogP contribution in [0.1, 0.15) is 26.2 Å².